The average Bonchev–Trinajstić information content (AvgIpc) is 1.87. The number of allylic oxidation sites excluding steroid dienone is 4. The molecule has 1 amide bonds. The van der Waals surface area contributed by atoms with Crippen LogP contribution in [0, 0.1) is 0 Å². The van der Waals surface area contributed by atoms with Gasteiger partial charge in [-0.1, -0.05) is 12.2 Å². The number of hydrogen-bond donors (Lipinski definition) is 0. The predicted molar refractivity (Wildman–Crippen MR) is 47.7 cm³/mol. The highest BCUT2D eigenvalue weighted by Gasteiger charge is 1.79. The van der Waals surface area contributed by atoms with E-state index in [1.807, 2.05) is 26.0 Å². The van der Waals surface area contributed by atoms with E-state index in [1.165, 1.54) is 13.1 Å². The van der Waals surface area contributed by atoms with Gasteiger partial charge in [-0.15, -0.1) is 0 Å². The molecule has 0 aliphatic rings. The second-order valence-corrected chi connectivity index (χ2v) is 2.21. The Morgan fingerprint density at radius 1 is 1.36 bits per heavy atom. The summed E-state index contributed by atoms with van der Waals surface area (Å²) in [7, 11) is 0. The fourth-order valence-corrected chi connectivity index (χ4v) is 0.578. The lowest BCUT2D eigenvalue weighted by atomic mass is 10.3. The Morgan fingerprint density at radius 2 is 2.00 bits per heavy atom. The molecule has 0 saturated heterocycles. The molecule has 0 aromatic rings. The first-order valence-electron chi connectivity index (χ1n) is 3.51. The van der Waals surface area contributed by atoms with E-state index >= 15 is 0 Å². The molecule has 0 fully saturated rings. The summed E-state index contributed by atoms with van der Waals surface area (Å²) in [4.78, 5) is 13.9. The molecule has 0 aliphatic carbocycles. The molecule has 0 radical (unpaired) electrons. The van der Waals surface area contributed by atoms with Crippen LogP contribution in [0.4, 0.5) is 0 Å². The van der Waals surface area contributed by atoms with Gasteiger partial charge in [-0.2, -0.15) is 0 Å². The number of rotatable bonds is 2. The Hall–Kier alpha value is -1.18. The molecule has 0 rings (SSSR count). The Balaban J connectivity index is 4.01. The SMILES string of the molecule is C\C=C/C(C)=C\C=N\C(C)=O. The zero-order chi connectivity index (χ0) is 8.69. The molecule has 0 heterocycles. The van der Waals surface area contributed by atoms with Crippen LogP contribution in [0.5, 0.6) is 0 Å². The van der Waals surface area contributed by atoms with Crippen LogP contribution in [0.15, 0.2) is 28.8 Å². The van der Waals surface area contributed by atoms with E-state index in [1.54, 1.807) is 6.08 Å². The summed E-state index contributed by atoms with van der Waals surface area (Å²) in [6.07, 6.45) is 7.19. The van der Waals surface area contributed by atoms with Crippen LogP contribution < -0.4 is 0 Å². The highest BCUT2D eigenvalue weighted by atomic mass is 16.1. The van der Waals surface area contributed by atoms with Crippen molar-refractivity contribution in [3.63, 3.8) is 0 Å². The molecule has 0 bridgehead atoms. The Kier molecular flexibility index (Phi) is 4.99. The van der Waals surface area contributed by atoms with Crippen LogP contribution in [0.2, 0.25) is 0 Å². The molecule has 0 aliphatic heterocycles. The van der Waals surface area contributed by atoms with Gasteiger partial charge >= 0.3 is 0 Å². The van der Waals surface area contributed by atoms with Crippen LogP contribution in [-0.2, 0) is 4.79 Å². The molecule has 2 heteroatoms. The van der Waals surface area contributed by atoms with Crippen LogP contribution >= 0.6 is 0 Å². The highest BCUT2D eigenvalue weighted by molar-refractivity contribution is 5.87. The molecule has 11 heavy (non-hydrogen) atoms. The van der Waals surface area contributed by atoms with E-state index < -0.39 is 0 Å². The first kappa shape index (κ1) is 9.82. The third-order valence-corrected chi connectivity index (χ3v) is 1.02. The van der Waals surface area contributed by atoms with Crippen molar-refractivity contribution < 1.29 is 4.79 Å². The first-order chi connectivity index (χ1) is 5.16. The first-order valence-corrected chi connectivity index (χ1v) is 3.51. The van der Waals surface area contributed by atoms with E-state index in [0.717, 1.165) is 5.57 Å². The van der Waals surface area contributed by atoms with Gasteiger partial charge in [0, 0.05) is 13.1 Å². The van der Waals surface area contributed by atoms with Crippen molar-refractivity contribution >= 4 is 12.1 Å². The van der Waals surface area contributed by atoms with Gasteiger partial charge < -0.3 is 0 Å². The van der Waals surface area contributed by atoms with Gasteiger partial charge in [-0.05, 0) is 25.5 Å². The quantitative estimate of drug-likeness (QED) is 0.439. The summed E-state index contributed by atoms with van der Waals surface area (Å²) in [5.74, 6) is -0.172. The van der Waals surface area contributed by atoms with E-state index in [4.69, 9.17) is 0 Å². The lowest BCUT2D eigenvalue weighted by Gasteiger charge is -1.84. The van der Waals surface area contributed by atoms with Crippen molar-refractivity contribution in [2.24, 2.45) is 4.99 Å². The zero-order valence-corrected chi connectivity index (χ0v) is 7.16. The van der Waals surface area contributed by atoms with Crippen LogP contribution in [0.1, 0.15) is 20.8 Å². The summed E-state index contributed by atoms with van der Waals surface area (Å²) >= 11 is 0. The topological polar surface area (TPSA) is 29.4 Å². The fraction of sp³-hybridized carbons (Fsp3) is 0.333. The molecule has 0 spiro atoms. The van der Waals surface area contributed by atoms with Crippen LogP contribution in [0.25, 0.3) is 0 Å². The van der Waals surface area contributed by atoms with Gasteiger partial charge in [0.1, 0.15) is 0 Å². The summed E-state index contributed by atoms with van der Waals surface area (Å²) in [6, 6.07) is 0. The molecule has 0 unspecified atom stereocenters. The van der Waals surface area contributed by atoms with Crippen molar-refractivity contribution in [3.8, 4) is 0 Å². The lowest BCUT2D eigenvalue weighted by Crippen LogP contribution is -1.81. The molecular formula is C9H13NO. The van der Waals surface area contributed by atoms with Gasteiger partial charge in [0.25, 0.3) is 0 Å². The minimum atomic E-state index is -0.172. The summed E-state index contributed by atoms with van der Waals surface area (Å²) in [5, 5.41) is 0. The maximum absolute atomic E-state index is 10.3. The van der Waals surface area contributed by atoms with Crippen LogP contribution in [0.3, 0.4) is 0 Å². The van der Waals surface area contributed by atoms with Crippen molar-refractivity contribution in [2.75, 3.05) is 0 Å². The zero-order valence-electron chi connectivity index (χ0n) is 7.16. The smallest absolute Gasteiger partial charge is 0.242 e. The normalized spacial score (nSPS) is 13.2. The van der Waals surface area contributed by atoms with Crippen LogP contribution in [-0.4, -0.2) is 12.1 Å². The Bertz CT molecular complexity index is 212. The number of carbonyl (C=O) groups is 1. The average molecular weight is 151 g/mol. The molecule has 0 aromatic heterocycles. The molecule has 60 valence electrons. The van der Waals surface area contributed by atoms with E-state index in [9.17, 15) is 4.79 Å². The van der Waals surface area contributed by atoms with Crippen molar-refractivity contribution in [1.29, 1.82) is 0 Å². The maximum atomic E-state index is 10.3. The van der Waals surface area contributed by atoms with Gasteiger partial charge in [-0.25, -0.2) is 4.99 Å². The van der Waals surface area contributed by atoms with Crippen molar-refractivity contribution in [2.45, 2.75) is 20.8 Å². The Labute approximate surface area is 67.3 Å². The van der Waals surface area contributed by atoms with E-state index in [-0.39, 0.29) is 5.91 Å². The van der Waals surface area contributed by atoms with Gasteiger partial charge in [0.2, 0.25) is 5.91 Å². The number of carbonyl (C=O) groups excluding carboxylic acids is 1. The van der Waals surface area contributed by atoms with Crippen molar-refractivity contribution in [3.05, 3.63) is 23.8 Å². The van der Waals surface area contributed by atoms with Gasteiger partial charge in [-0.3, -0.25) is 4.79 Å². The highest BCUT2D eigenvalue weighted by Crippen LogP contribution is 1.91. The van der Waals surface area contributed by atoms with Gasteiger partial charge in [0.05, 0.1) is 0 Å². The van der Waals surface area contributed by atoms with Gasteiger partial charge in [0.15, 0.2) is 0 Å². The number of amides is 1. The predicted octanol–water partition coefficient (Wildman–Crippen LogP) is 2.13. The molecule has 0 aromatic carbocycles. The number of aliphatic imine (C=N–C) groups is 1. The number of nitrogens with zero attached hydrogens (tertiary/aromatic N) is 1. The summed E-state index contributed by atoms with van der Waals surface area (Å²) < 4.78 is 0. The molecule has 2 nitrogen and oxygen atoms in total. The molecule has 0 atom stereocenters. The molecule has 0 N–H and O–H groups in total. The minimum absolute atomic E-state index is 0.172. The summed E-state index contributed by atoms with van der Waals surface area (Å²) in [5.41, 5.74) is 1.08. The third-order valence-electron chi connectivity index (χ3n) is 1.02. The lowest BCUT2D eigenvalue weighted by molar-refractivity contribution is -0.115. The second-order valence-electron chi connectivity index (χ2n) is 2.21. The third kappa shape index (κ3) is 6.71. The van der Waals surface area contributed by atoms with E-state index in [2.05, 4.69) is 4.99 Å². The van der Waals surface area contributed by atoms with E-state index in [0.29, 0.717) is 0 Å². The summed E-state index contributed by atoms with van der Waals surface area (Å²) in [6.45, 7) is 5.32. The monoisotopic (exact) mass is 151 g/mol. The fourth-order valence-electron chi connectivity index (χ4n) is 0.578. The van der Waals surface area contributed by atoms with Crippen molar-refractivity contribution in [1.82, 2.24) is 0 Å². The second kappa shape index (κ2) is 5.59. The number of hydrogen-bond acceptors (Lipinski definition) is 1. The molecule has 0 saturated carbocycles. The Morgan fingerprint density at radius 3 is 2.45 bits per heavy atom. The minimum Gasteiger partial charge on any atom is -0.273 e. The standard InChI is InChI=1S/C9H13NO/c1-4-5-8(2)6-7-10-9(3)11/h4-7H,1-3H3/b5-4-,8-6-,10-7+. The largest absolute Gasteiger partial charge is 0.273 e. The maximum Gasteiger partial charge on any atom is 0.242 e. The molecular weight excluding hydrogens is 138 g/mol.